The lowest BCUT2D eigenvalue weighted by Gasteiger charge is -2.41. The van der Waals surface area contributed by atoms with Crippen LogP contribution in [0.3, 0.4) is 0 Å². The highest BCUT2D eigenvalue weighted by molar-refractivity contribution is 6.45. The van der Waals surface area contributed by atoms with Gasteiger partial charge in [-0.2, -0.15) is 0 Å². The van der Waals surface area contributed by atoms with Gasteiger partial charge in [-0.15, -0.1) is 0 Å². The first kappa shape index (κ1) is 19.8. The fraction of sp³-hybridized carbons (Fsp3) is 0.304. The second-order valence-electron chi connectivity index (χ2n) is 8.08. The molecule has 31 heavy (non-hydrogen) atoms. The molecule has 8 heteroatoms. The Kier molecular flexibility index (Phi) is 4.98. The van der Waals surface area contributed by atoms with Crippen LogP contribution < -0.4 is 0 Å². The Morgan fingerprint density at radius 2 is 1.84 bits per heavy atom. The van der Waals surface area contributed by atoms with Crippen molar-refractivity contribution >= 4 is 40.1 Å². The van der Waals surface area contributed by atoms with Crippen LogP contribution in [0.4, 0.5) is 0 Å². The number of pyridine rings is 1. The number of rotatable bonds is 4. The minimum Gasteiger partial charge on any atom is -0.358 e. The molecule has 1 aliphatic heterocycles. The monoisotopic (exact) mass is 436 g/mol. The van der Waals surface area contributed by atoms with E-state index in [9.17, 15) is 14.4 Å². The molecule has 2 amide bonds. The van der Waals surface area contributed by atoms with E-state index in [4.69, 9.17) is 11.6 Å². The topological polar surface area (TPSA) is 86.4 Å². The number of Topliss-reactive ketones (excluding diaryl/α,β-unsaturated/α-hetero) is 1. The third kappa shape index (κ3) is 3.59. The van der Waals surface area contributed by atoms with Gasteiger partial charge >= 0.3 is 0 Å². The molecule has 1 atom stereocenters. The molecule has 2 fully saturated rings. The predicted octanol–water partition coefficient (Wildman–Crippen LogP) is 3.16. The Hall–Kier alpha value is -3.19. The average molecular weight is 437 g/mol. The maximum Gasteiger partial charge on any atom is 0.295 e. The van der Waals surface area contributed by atoms with Crippen molar-refractivity contribution in [2.24, 2.45) is 5.92 Å². The number of hydrogen-bond donors (Lipinski definition) is 1. The third-order valence-electron chi connectivity index (χ3n) is 6.15. The lowest BCUT2D eigenvalue weighted by molar-refractivity contribution is -0.131. The van der Waals surface area contributed by atoms with Crippen LogP contribution in [-0.4, -0.2) is 63.0 Å². The van der Waals surface area contributed by atoms with Crippen molar-refractivity contribution < 1.29 is 14.4 Å². The molecule has 2 aromatic heterocycles. The number of benzene rings is 1. The molecule has 158 valence electrons. The molecular formula is C23H21ClN4O3. The maximum absolute atomic E-state index is 13.2. The van der Waals surface area contributed by atoms with Crippen molar-refractivity contribution in [3.05, 3.63) is 65.1 Å². The number of aromatic amines is 1. The molecule has 1 N–H and O–H groups in total. The van der Waals surface area contributed by atoms with Gasteiger partial charge in [0.25, 0.3) is 17.6 Å². The summed E-state index contributed by atoms with van der Waals surface area (Å²) in [5.74, 6) is -0.812. The lowest BCUT2D eigenvalue weighted by Crippen LogP contribution is -2.58. The van der Waals surface area contributed by atoms with Gasteiger partial charge in [-0.25, -0.2) is 4.98 Å². The van der Waals surface area contributed by atoms with Crippen molar-refractivity contribution in [3.63, 3.8) is 0 Å². The number of halogens is 1. The highest BCUT2D eigenvalue weighted by Gasteiger charge is 2.43. The molecule has 1 saturated heterocycles. The summed E-state index contributed by atoms with van der Waals surface area (Å²) in [4.78, 5) is 49.6. The zero-order valence-electron chi connectivity index (χ0n) is 16.8. The summed E-state index contributed by atoms with van der Waals surface area (Å²) in [6, 6.07) is 10.7. The quantitative estimate of drug-likeness (QED) is 0.386. The summed E-state index contributed by atoms with van der Waals surface area (Å²) < 4.78 is 0. The van der Waals surface area contributed by atoms with E-state index in [1.165, 1.54) is 12.4 Å². The van der Waals surface area contributed by atoms with Crippen LogP contribution in [0.2, 0.25) is 5.15 Å². The fourth-order valence-corrected chi connectivity index (χ4v) is 4.56. The first-order valence-corrected chi connectivity index (χ1v) is 10.7. The van der Waals surface area contributed by atoms with Crippen LogP contribution in [0.15, 0.2) is 48.8 Å². The van der Waals surface area contributed by atoms with Gasteiger partial charge < -0.3 is 14.8 Å². The Balaban J connectivity index is 1.37. The first-order valence-electron chi connectivity index (χ1n) is 10.4. The molecule has 2 aliphatic rings. The van der Waals surface area contributed by atoms with Crippen LogP contribution >= 0.6 is 11.6 Å². The zero-order valence-corrected chi connectivity index (χ0v) is 17.5. The lowest BCUT2D eigenvalue weighted by atomic mass is 10.0. The molecule has 1 aromatic carbocycles. The van der Waals surface area contributed by atoms with Gasteiger partial charge in [0.05, 0.1) is 17.1 Å². The Morgan fingerprint density at radius 1 is 1.06 bits per heavy atom. The summed E-state index contributed by atoms with van der Waals surface area (Å²) in [5.41, 5.74) is 1.47. The minimum absolute atomic E-state index is 0.0385. The molecule has 1 unspecified atom stereocenters. The summed E-state index contributed by atoms with van der Waals surface area (Å²) in [6.45, 7) is 1.19. The number of ketones is 1. The predicted molar refractivity (Wildman–Crippen MR) is 116 cm³/mol. The van der Waals surface area contributed by atoms with E-state index in [1.807, 2.05) is 18.2 Å². The summed E-state index contributed by atoms with van der Waals surface area (Å²) in [7, 11) is 0. The number of nitrogens with zero attached hydrogens (tertiary/aromatic N) is 3. The molecule has 3 heterocycles. The first-order chi connectivity index (χ1) is 15.0. The number of carbonyl (C=O) groups is 3. The number of nitrogens with one attached hydrogen (secondary N) is 1. The number of aromatic nitrogens is 2. The summed E-state index contributed by atoms with van der Waals surface area (Å²) in [6.07, 6.45) is 5.04. The van der Waals surface area contributed by atoms with E-state index in [1.54, 1.807) is 28.0 Å². The van der Waals surface area contributed by atoms with Crippen LogP contribution in [0, 0.1) is 5.92 Å². The summed E-state index contributed by atoms with van der Waals surface area (Å²) >= 11 is 6.09. The largest absolute Gasteiger partial charge is 0.358 e. The Labute approximate surface area is 184 Å². The highest BCUT2D eigenvalue weighted by Crippen LogP contribution is 2.37. The fourth-order valence-electron chi connectivity index (χ4n) is 4.35. The second-order valence-corrected chi connectivity index (χ2v) is 8.43. The molecular weight excluding hydrogens is 416 g/mol. The SMILES string of the molecule is O=C(C(=O)N1CCN(C(=O)c2ccccc2)CC1C1CC1)c1c[nH]c2c(Cl)nccc12. The standard InChI is InChI=1S/C23H21ClN4O3/c24-21-19-16(8-9-25-21)17(12-26-19)20(29)23(31)28-11-10-27(13-18(28)14-6-7-14)22(30)15-4-2-1-3-5-15/h1-5,8-9,12,14,18,26H,6-7,10-11,13H2. The number of H-pyrrole nitrogens is 1. The number of carbonyl (C=O) groups excluding carboxylic acids is 3. The Bertz CT molecular complexity index is 1170. The minimum atomic E-state index is -0.568. The third-order valence-corrected chi connectivity index (χ3v) is 6.43. The molecule has 5 rings (SSSR count). The molecule has 0 radical (unpaired) electrons. The van der Waals surface area contributed by atoms with Crippen LogP contribution in [0.1, 0.15) is 33.6 Å². The second kappa shape index (κ2) is 7.81. The van der Waals surface area contributed by atoms with Gasteiger partial charge in [0.15, 0.2) is 5.15 Å². The van der Waals surface area contributed by atoms with Gasteiger partial charge in [-0.3, -0.25) is 14.4 Å². The molecule has 1 aliphatic carbocycles. The molecule has 3 aromatic rings. The smallest absolute Gasteiger partial charge is 0.295 e. The van der Waals surface area contributed by atoms with E-state index in [0.717, 1.165) is 12.8 Å². The average Bonchev–Trinajstić information content (AvgIpc) is 3.56. The molecule has 0 spiro atoms. The van der Waals surface area contributed by atoms with Crippen LogP contribution in [0.25, 0.3) is 10.9 Å². The van der Waals surface area contributed by atoms with E-state index in [0.29, 0.717) is 47.6 Å². The number of amides is 2. The molecule has 7 nitrogen and oxygen atoms in total. The number of hydrogen-bond acceptors (Lipinski definition) is 4. The maximum atomic E-state index is 13.2. The van der Waals surface area contributed by atoms with Crippen molar-refractivity contribution in [2.45, 2.75) is 18.9 Å². The van der Waals surface area contributed by atoms with Gasteiger partial charge in [-0.1, -0.05) is 29.8 Å². The van der Waals surface area contributed by atoms with E-state index >= 15 is 0 Å². The van der Waals surface area contributed by atoms with E-state index < -0.39 is 11.7 Å². The van der Waals surface area contributed by atoms with Gasteiger partial charge in [0, 0.05) is 43.0 Å². The Morgan fingerprint density at radius 3 is 2.58 bits per heavy atom. The molecule has 1 saturated carbocycles. The molecule has 0 bridgehead atoms. The van der Waals surface area contributed by atoms with Crippen molar-refractivity contribution in [1.82, 2.24) is 19.8 Å². The van der Waals surface area contributed by atoms with Gasteiger partial charge in [0.2, 0.25) is 0 Å². The van der Waals surface area contributed by atoms with Gasteiger partial charge in [0.1, 0.15) is 0 Å². The van der Waals surface area contributed by atoms with Crippen molar-refractivity contribution in [3.8, 4) is 0 Å². The normalized spacial score (nSPS) is 18.9. The van der Waals surface area contributed by atoms with Crippen LogP contribution in [-0.2, 0) is 4.79 Å². The van der Waals surface area contributed by atoms with Gasteiger partial charge in [-0.05, 0) is 37.0 Å². The highest BCUT2D eigenvalue weighted by atomic mass is 35.5. The number of piperazine rings is 1. The zero-order chi connectivity index (χ0) is 21.5. The van der Waals surface area contributed by atoms with Crippen molar-refractivity contribution in [2.75, 3.05) is 19.6 Å². The summed E-state index contributed by atoms with van der Waals surface area (Å²) in [5, 5.41) is 0.840. The number of fused-ring (bicyclic) bond motifs is 1. The van der Waals surface area contributed by atoms with Crippen molar-refractivity contribution in [1.29, 1.82) is 0 Å². The van der Waals surface area contributed by atoms with Crippen LogP contribution in [0.5, 0.6) is 0 Å². The van der Waals surface area contributed by atoms with E-state index in [-0.39, 0.29) is 17.1 Å². The van der Waals surface area contributed by atoms with E-state index in [2.05, 4.69) is 9.97 Å².